The molecule has 1 aromatic heterocycles. The summed E-state index contributed by atoms with van der Waals surface area (Å²) in [6.07, 6.45) is 13.0. The van der Waals surface area contributed by atoms with E-state index in [1.54, 1.807) is 0 Å². The fraction of sp³-hybridized carbons (Fsp3) is 0.609. The van der Waals surface area contributed by atoms with Crippen molar-refractivity contribution in [2.24, 2.45) is 5.92 Å². The Kier molecular flexibility index (Phi) is 5.83. The summed E-state index contributed by atoms with van der Waals surface area (Å²) in [7, 11) is 0. The number of hydrogen-bond acceptors (Lipinski definition) is 5. The van der Waals surface area contributed by atoms with Crippen LogP contribution in [-0.2, 0) is 0 Å². The fourth-order valence-electron chi connectivity index (χ4n) is 5.45. The van der Waals surface area contributed by atoms with Gasteiger partial charge in [-0.15, -0.1) is 0 Å². The highest BCUT2D eigenvalue weighted by Crippen LogP contribution is 2.31. The molecular weight excluding hydrogens is 360 g/mol. The molecule has 3 heterocycles. The lowest BCUT2D eigenvalue weighted by Crippen LogP contribution is -2.44. The van der Waals surface area contributed by atoms with Gasteiger partial charge in [0, 0.05) is 49.3 Å². The Morgan fingerprint density at radius 3 is 2.55 bits per heavy atom. The van der Waals surface area contributed by atoms with E-state index in [1.165, 1.54) is 50.6 Å². The van der Waals surface area contributed by atoms with Crippen molar-refractivity contribution in [1.82, 2.24) is 25.9 Å². The molecule has 3 atom stereocenters. The predicted octanol–water partition coefficient (Wildman–Crippen LogP) is 2.86. The van der Waals surface area contributed by atoms with E-state index >= 15 is 0 Å². The van der Waals surface area contributed by atoms with E-state index in [0.29, 0.717) is 12.1 Å². The number of fused-ring (bicyclic) bond motifs is 1. The molecule has 0 amide bonds. The molecule has 6 heteroatoms. The highest BCUT2D eigenvalue weighted by Gasteiger charge is 2.36. The van der Waals surface area contributed by atoms with Crippen molar-refractivity contribution < 1.29 is 0 Å². The first-order valence-electron chi connectivity index (χ1n) is 11.5. The van der Waals surface area contributed by atoms with Crippen LogP contribution in [-0.4, -0.2) is 47.5 Å². The van der Waals surface area contributed by atoms with Gasteiger partial charge in [-0.1, -0.05) is 12.8 Å². The Balaban J connectivity index is 1.05. The zero-order valence-electron chi connectivity index (χ0n) is 17.3. The topological polar surface area (TPSA) is 57.2 Å². The summed E-state index contributed by atoms with van der Waals surface area (Å²) in [5, 5.41) is 8.14. The van der Waals surface area contributed by atoms with Gasteiger partial charge in [0.1, 0.15) is 0 Å². The zero-order chi connectivity index (χ0) is 19.5. The Bertz CT molecular complexity index is 750. The minimum Gasteiger partial charge on any atom is -0.371 e. The van der Waals surface area contributed by atoms with Gasteiger partial charge in [-0.05, 0) is 74.9 Å². The first-order valence-corrected chi connectivity index (χ1v) is 11.5. The minimum absolute atomic E-state index is 0.654. The van der Waals surface area contributed by atoms with Crippen LogP contribution in [0.1, 0.15) is 44.9 Å². The Morgan fingerprint density at radius 2 is 1.76 bits per heavy atom. The molecule has 3 fully saturated rings. The van der Waals surface area contributed by atoms with Crippen molar-refractivity contribution in [2.75, 3.05) is 24.5 Å². The molecule has 0 radical (unpaired) electrons. The molecule has 3 aliphatic rings. The van der Waals surface area contributed by atoms with Gasteiger partial charge < -0.3 is 10.2 Å². The van der Waals surface area contributed by atoms with Gasteiger partial charge in [0.05, 0.1) is 5.69 Å². The summed E-state index contributed by atoms with van der Waals surface area (Å²) in [5.41, 5.74) is 9.56. The predicted molar refractivity (Wildman–Crippen MR) is 117 cm³/mol. The molecule has 1 saturated carbocycles. The maximum absolute atomic E-state index is 4.30. The van der Waals surface area contributed by atoms with Gasteiger partial charge in [0.25, 0.3) is 0 Å². The lowest BCUT2D eigenvalue weighted by Gasteiger charge is -2.34. The average molecular weight is 395 g/mol. The smallest absolute Gasteiger partial charge is 0.0647 e. The third-order valence-corrected chi connectivity index (χ3v) is 7.16. The summed E-state index contributed by atoms with van der Waals surface area (Å²) in [5.74, 6) is 0.845. The SMILES string of the molecule is c1cnn(-c2ccc(N3CCC(NCCC4NNC5CCCCC54)CC3)cc2)c1. The largest absolute Gasteiger partial charge is 0.371 e. The zero-order valence-corrected chi connectivity index (χ0v) is 17.3. The molecule has 156 valence electrons. The van der Waals surface area contributed by atoms with E-state index < -0.39 is 0 Å². The number of benzene rings is 1. The molecule has 2 saturated heterocycles. The number of rotatable bonds is 6. The van der Waals surface area contributed by atoms with Crippen LogP contribution in [0, 0.1) is 5.92 Å². The van der Waals surface area contributed by atoms with Crippen molar-refractivity contribution >= 4 is 5.69 Å². The number of anilines is 1. The van der Waals surface area contributed by atoms with Crippen LogP contribution in [0.4, 0.5) is 5.69 Å². The van der Waals surface area contributed by atoms with E-state index in [1.807, 2.05) is 23.1 Å². The maximum atomic E-state index is 4.30. The van der Waals surface area contributed by atoms with Crippen molar-refractivity contribution in [1.29, 1.82) is 0 Å². The van der Waals surface area contributed by atoms with E-state index in [-0.39, 0.29) is 0 Å². The second kappa shape index (κ2) is 8.86. The molecule has 1 aromatic carbocycles. The number of nitrogens with zero attached hydrogens (tertiary/aromatic N) is 3. The van der Waals surface area contributed by atoms with Crippen molar-refractivity contribution in [2.45, 2.75) is 63.1 Å². The summed E-state index contributed by atoms with van der Waals surface area (Å²) >= 11 is 0. The molecule has 2 aliphatic heterocycles. The van der Waals surface area contributed by atoms with E-state index in [9.17, 15) is 0 Å². The number of aromatic nitrogens is 2. The molecule has 3 N–H and O–H groups in total. The quantitative estimate of drug-likeness (QED) is 0.703. The molecule has 2 aromatic rings. The molecular formula is C23H34N6. The second-order valence-electron chi connectivity index (χ2n) is 8.92. The van der Waals surface area contributed by atoms with E-state index in [4.69, 9.17) is 0 Å². The van der Waals surface area contributed by atoms with Crippen LogP contribution < -0.4 is 21.1 Å². The van der Waals surface area contributed by atoms with Gasteiger partial charge in [0.15, 0.2) is 0 Å². The van der Waals surface area contributed by atoms with Gasteiger partial charge >= 0.3 is 0 Å². The Hall–Kier alpha value is -1.89. The first-order chi connectivity index (χ1) is 14.4. The second-order valence-corrected chi connectivity index (χ2v) is 8.92. The number of hydrazine groups is 1. The molecule has 3 unspecified atom stereocenters. The normalized spacial score (nSPS) is 27.9. The van der Waals surface area contributed by atoms with Gasteiger partial charge in [-0.3, -0.25) is 10.9 Å². The van der Waals surface area contributed by atoms with Crippen LogP contribution in [0.25, 0.3) is 5.69 Å². The van der Waals surface area contributed by atoms with Crippen LogP contribution in [0.3, 0.4) is 0 Å². The monoisotopic (exact) mass is 394 g/mol. The van der Waals surface area contributed by atoms with E-state index in [2.05, 4.69) is 50.4 Å². The fourth-order valence-corrected chi connectivity index (χ4v) is 5.45. The molecule has 29 heavy (non-hydrogen) atoms. The minimum atomic E-state index is 0.654. The van der Waals surface area contributed by atoms with Crippen molar-refractivity contribution in [3.05, 3.63) is 42.7 Å². The molecule has 0 spiro atoms. The van der Waals surface area contributed by atoms with Crippen molar-refractivity contribution in [3.8, 4) is 5.69 Å². The van der Waals surface area contributed by atoms with Crippen LogP contribution >= 0.6 is 0 Å². The van der Waals surface area contributed by atoms with Crippen LogP contribution in [0.5, 0.6) is 0 Å². The summed E-state index contributed by atoms with van der Waals surface area (Å²) < 4.78 is 1.91. The third kappa shape index (κ3) is 4.34. The molecule has 1 aliphatic carbocycles. The van der Waals surface area contributed by atoms with E-state index in [0.717, 1.165) is 37.3 Å². The van der Waals surface area contributed by atoms with Gasteiger partial charge in [-0.25, -0.2) is 4.68 Å². The maximum Gasteiger partial charge on any atom is 0.0647 e. The molecule has 6 nitrogen and oxygen atoms in total. The van der Waals surface area contributed by atoms with Gasteiger partial charge in [0.2, 0.25) is 0 Å². The number of nitrogens with one attached hydrogen (secondary N) is 3. The summed E-state index contributed by atoms with van der Waals surface area (Å²) in [6, 6.07) is 12.8. The Morgan fingerprint density at radius 1 is 0.966 bits per heavy atom. The van der Waals surface area contributed by atoms with Crippen LogP contribution in [0.2, 0.25) is 0 Å². The summed E-state index contributed by atoms with van der Waals surface area (Å²) in [6.45, 7) is 3.39. The standard InChI is InChI=1S/C23H34N6/c1-2-5-22-21(4-1)23(27-26-22)10-14-24-18-11-16-28(17-12-18)19-6-8-20(9-7-19)29-15-3-13-25-29/h3,6-9,13,15,18,21-24,26-27H,1-2,4-5,10-12,14,16-17H2. The van der Waals surface area contributed by atoms with Crippen LogP contribution in [0.15, 0.2) is 42.7 Å². The number of piperidine rings is 1. The highest BCUT2D eigenvalue weighted by atomic mass is 15.4. The van der Waals surface area contributed by atoms with Gasteiger partial charge in [-0.2, -0.15) is 5.10 Å². The van der Waals surface area contributed by atoms with Crippen molar-refractivity contribution in [3.63, 3.8) is 0 Å². The summed E-state index contributed by atoms with van der Waals surface area (Å²) in [4.78, 5) is 2.51. The lowest BCUT2D eigenvalue weighted by atomic mass is 9.81. The lowest BCUT2D eigenvalue weighted by molar-refractivity contribution is 0.293. The average Bonchev–Trinajstić information content (AvgIpc) is 3.45. The first kappa shape index (κ1) is 19.1. The third-order valence-electron chi connectivity index (χ3n) is 7.16. The highest BCUT2D eigenvalue weighted by molar-refractivity contribution is 5.51. The number of hydrogen-bond donors (Lipinski definition) is 3. The molecule has 5 rings (SSSR count). The Labute approximate surface area is 174 Å². The molecule has 0 bridgehead atoms.